The number of hydrogen-bond donors (Lipinski definition) is 2. The maximum atomic E-state index is 12.0. The van der Waals surface area contributed by atoms with Crippen LogP contribution in [0.25, 0.3) is 0 Å². The number of aliphatic hydroxyl groups is 1. The summed E-state index contributed by atoms with van der Waals surface area (Å²) in [6, 6.07) is 15.4. The predicted molar refractivity (Wildman–Crippen MR) is 101 cm³/mol. The van der Waals surface area contributed by atoms with Gasteiger partial charge in [-0.2, -0.15) is 0 Å². The molecule has 1 unspecified atom stereocenters. The Hall–Kier alpha value is -1.05. The SMILES string of the molecule is Cc1cc(I)ccc1NC(=O)CSCC(O)c1ccccc1. The van der Waals surface area contributed by atoms with E-state index in [9.17, 15) is 9.90 Å². The molecule has 0 aromatic heterocycles. The van der Waals surface area contributed by atoms with Crippen molar-refractivity contribution in [2.45, 2.75) is 13.0 Å². The molecule has 0 aliphatic rings. The highest BCUT2D eigenvalue weighted by Crippen LogP contribution is 2.20. The lowest BCUT2D eigenvalue weighted by Crippen LogP contribution is -2.16. The Morgan fingerprint density at radius 1 is 1.27 bits per heavy atom. The first-order valence-electron chi connectivity index (χ1n) is 6.93. The molecular weight excluding hydrogens is 409 g/mol. The summed E-state index contributed by atoms with van der Waals surface area (Å²) in [5.74, 6) is 0.785. The monoisotopic (exact) mass is 427 g/mol. The second kappa shape index (κ2) is 8.55. The largest absolute Gasteiger partial charge is 0.388 e. The smallest absolute Gasteiger partial charge is 0.234 e. The van der Waals surface area contributed by atoms with E-state index in [1.54, 1.807) is 0 Å². The summed E-state index contributed by atoms with van der Waals surface area (Å²) in [5.41, 5.74) is 2.77. The maximum absolute atomic E-state index is 12.0. The molecule has 0 saturated heterocycles. The maximum Gasteiger partial charge on any atom is 0.234 e. The second-order valence-electron chi connectivity index (χ2n) is 4.95. The van der Waals surface area contributed by atoms with Crippen LogP contribution in [0, 0.1) is 10.5 Å². The van der Waals surface area contributed by atoms with E-state index in [2.05, 4.69) is 27.9 Å². The molecule has 2 aromatic rings. The Labute approximate surface area is 148 Å². The lowest BCUT2D eigenvalue weighted by Gasteiger charge is -2.11. The van der Waals surface area contributed by atoms with Crippen LogP contribution in [0.5, 0.6) is 0 Å². The van der Waals surface area contributed by atoms with Crippen molar-refractivity contribution >= 4 is 45.9 Å². The summed E-state index contributed by atoms with van der Waals surface area (Å²) in [5, 5.41) is 13.0. The van der Waals surface area contributed by atoms with Crippen LogP contribution in [0.3, 0.4) is 0 Å². The Morgan fingerprint density at radius 3 is 2.68 bits per heavy atom. The van der Waals surface area contributed by atoms with E-state index < -0.39 is 6.10 Å². The standard InChI is InChI=1S/C17H18INO2S/c1-12-9-14(18)7-8-15(12)19-17(21)11-22-10-16(20)13-5-3-2-4-6-13/h2-9,16,20H,10-11H2,1H3,(H,19,21). The molecule has 0 bridgehead atoms. The Kier molecular flexibility index (Phi) is 6.72. The summed E-state index contributed by atoms with van der Waals surface area (Å²) in [4.78, 5) is 12.0. The van der Waals surface area contributed by atoms with Gasteiger partial charge in [-0.05, 0) is 58.8 Å². The van der Waals surface area contributed by atoms with Crippen molar-refractivity contribution in [3.63, 3.8) is 0 Å². The van der Waals surface area contributed by atoms with Crippen molar-refractivity contribution in [2.24, 2.45) is 0 Å². The summed E-state index contributed by atoms with van der Waals surface area (Å²) >= 11 is 3.68. The number of anilines is 1. The molecule has 0 radical (unpaired) electrons. The minimum atomic E-state index is -0.543. The van der Waals surface area contributed by atoms with E-state index in [0.717, 1.165) is 20.4 Å². The number of rotatable bonds is 6. The molecule has 3 nitrogen and oxygen atoms in total. The van der Waals surface area contributed by atoms with Crippen molar-refractivity contribution in [3.05, 3.63) is 63.2 Å². The number of nitrogens with one attached hydrogen (secondary N) is 1. The quantitative estimate of drug-likeness (QED) is 0.686. The summed E-state index contributed by atoms with van der Waals surface area (Å²) in [7, 11) is 0. The Morgan fingerprint density at radius 2 is 2.00 bits per heavy atom. The van der Waals surface area contributed by atoms with E-state index in [-0.39, 0.29) is 5.91 Å². The first-order valence-corrected chi connectivity index (χ1v) is 9.16. The molecule has 0 fully saturated rings. The number of thioether (sulfide) groups is 1. The van der Waals surface area contributed by atoms with E-state index in [1.165, 1.54) is 11.8 Å². The topological polar surface area (TPSA) is 49.3 Å². The van der Waals surface area contributed by atoms with Crippen LogP contribution in [-0.4, -0.2) is 22.5 Å². The normalized spacial score (nSPS) is 12.0. The average molecular weight is 427 g/mol. The number of halogens is 1. The van der Waals surface area contributed by atoms with Crippen LogP contribution < -0.4 is 5.32 Å². The van der Waals surface area contributed by atoms with Gasteiger partial charge in [0, 0.05) is 15.0 Å². The molecule has 2 rings (SSSR count). The van der Waals surface area contributed by atoms with Crippen molar-refractivity contribution < 1.29 is 9.90 Å². The van der Waals surface area contributed by atoms with E-state index in [0.29, 0.717) is 11.5 Å². The van der Waals surface area contributed by atoms with Crippen LogP contribution in [0.1, 0.15) is 17.2 Å². The van der Waals surface area contributed by atoms with Gasteiger partial charge in [-0.25, -0.2) is 0 Å². The van der Waals surface area contributed by atoms with E-state index >= 15 is 0 Å². The molecule has 1 atom stereocenters. The summed E-state index contributed by atoms with van der Waals surface area (Å²) in [6.45, 7) is 1.98. The van der Waals surface area contributed by atoms with Crippen LogP contribution >= 0.6 is 34.4 Å². The second-order valence-corrected chi connectivity index (χ2v) is 7.22. The van der Waals surface area contributed by atoms with Crippen molar-refractivity contribution in [3.8, 4) is 0 Å². The lowest BCUT2D eigenvalue weighted by molar-refractivity contribution is -0.113. The number of carbonyl (C=O) groups excluding carboxylic acids is 1. The van der Waals surface area contributed by atoms with E-state index in [1.807, 2.05) is 55.5 Å². The molecule has 0 saturated carbocycles. The number of benzene rings is 2. The number of hydrogen-bond acceptors (Lipinski definition) is 3. The molecule has 0 aliphatic carbocycles. The van der Waals surface area contributed by atoms with Crippen molar-refractivity contribution in [1.29, 1.82) is 0 Å². The molecule has 0 spiro atoms. The fourth-order valence-corrected chi connectivity index (χ4v) is 3.43. The van der Waals surface area contributed by atoms with Gasteiger partial charge in [-0.1, -0.05) is 30.3 Å². The third-order valence-corrected chi connectivity index (χ3v) is 4.84. The van der Waals surface area contributed by atoms with Gasteiger partial charge in [-0.15, -0.1) is 11.8 Å². The van der Waals surface area contributed by atoms with Crippen molar-refractivity contribution in [1.82, 2.24) is 0 Å². The molecule has 22 heavy (non-hydrogen) atoms. The number of aryl methyl sites for hydroxylation is 1. The highest BCUT2D eigenvalue weighted by Gasteiger charge is 2.10. The van der Waals surface area contributed by atoms with Crippen LogP contribution in [-0.2, 0) is 4.79 Å². The zero-order chi connectivity index (χ0) is 15.9. The van der Waals surface area contributed by atoms with Gasteiger partial charge in [-0.3, -0.25) is 4.79 Å². The fraction of sp³-hybridized carbons (Fsp3) is 0.235. The minimum absolute atomic E-state index is 0.0467. The van der Waals surface area contributed by atoms with Gasteiger partial charge >= 0.3 is 0 Å². The highest BCUT2D eigenvalue weighted by atomic mass is 127. The minimum Gasteiger partial charge on any atom is -0.388 e. The molecule has 2 N–H and O–H groups in total. The molecule has 0 heterocycles. The van der Waals surface area contributed by atoms with Gasteiger partial charge < -0.3 is 10.4 Å². The zero-order valence-electron chi connectivity index (χ0n) is 12.3. The number of aliphatic hydroxyl groups excluding tert-OH is 1. The van der Waals surface area contributed by atoms with Crippen LogP contribution in [0.15, 0.2) is 48.5 Å². The van der Waals surface area contributed by atoms with Crippen LogP contribution in [0.4, 0.5) is 5.69 Å². The molecule has 116 valence electrons. The van der Waals surface area contributed by atoms with Crippen molar-refractivity contribution in [2.75, 3.05) is 16.8 Å². The highest BCUT2D eigenvalue weighted by molar-refractivity contribution is 14.1. The molecule has 5 heteroatoms. The number of amides is 1. The molecular formula is C17H18INO2S. The zero-order valence-corrected chi connectivity index (χ0v) is 15.2. The fourth-order valence-electron chi connectivity index (χ4n) is 1.99. The lowest BCUT2D eigenvalue weighted by atomic mass is 10.1. The van der Waals surface area contributed by atoms with Crippen LogP contribution in [0.2, 0.25) is 0 Å². The summed E-state index contributed by atoms with van der Waals surface area (Å²) in [6.07, 6.45) is -0.543. The summed E-state index contributed by atoms with van der Waals surface area (Å²) < 4.78 is 1.15. The molecule has 0 aliphatic heterocycles. The third-order valence-electron chi connectivity index (χ3n) is 3.16. The van der Waals surface area contributed by atoms with Gasteiger partial charge in [0.2, 0.25) is 5.91 Å². The Balaban J connectivity index is 1.78. The van der Waals surface area contributed by atoms with Gasteiger partial charge in [0.05, 0.1) is 11.9 Å². The third kappa shape index (κ3) is 5.30. The van der Waals surface area contributed by atoms with Gasteiger partial charge in [0.15, 0.2) is 0 Å². The molecule has 1 amide bonds. The predicted octanol–water partition coefficient (Wildman–Crippen LogP) is 4.00. The van der Waals surface area contributed by atoms with Gasteiger partial charge in [0.1, 0.15) is 0 Å². The number of carbonyl (C=O) groups is 1. The Bertz CT molecular complexity index is 634. The first kappa shape index (κ1) is 17.3. The first-order chi connectivity index (χ1) is 10.6. The molecule has 2 aromatic carbocycles. The van der Waals surface area contributed by atoms with E-state index in [4.69, 9.17) is 0 Å². The average Bonchev–Trinajstić information content (AvgIpc) is 2.51. The van der Waals surface area contributed by atoms with Gasteiger partial charge in [0.25, 0.3) is 0 Å².